The predicted molar refractivity (Wildman–Crippen MR) is 97.1 cm³/mol. The summed E-state index contributed by atoms with van der Waals surface area (Å²) in [7, 11) is 1.61. The van der Waals surface area contributed by atoms with E-state index < -0.39 is 0 Å². The fourth-order valence-electron chi connectivity index (χ4n) is 3.44. The number of piperidine rings is 1. The van der Waals surface area contributed by atoms with Gasteiger partial charge in [-0.15, -0.1) is 0 Å². The highest BCUT2D eigenvalue weighted by Gasteiger charge is 2.41. The van der Waals surface area contributed by atoms with Crippen molar-refractivity contribution in [2.45, 2.75) is 38.6 Å². The van der Waals surface area contributed by atoms with E-state index >= 15 is 0 Å². The molecule has 0 bridgehead atoms. The Morgan fingerprint density at radius 3 is 2.84 bits per heavy atom. The van der Waals surface area contributed by atoms with Crippen LogP contribution in [-0.2, 0) is 9.59 Å². The predicted octanol–water partition coefficient (Wildman–Crippen LogP) is 1.85. The molecule has 1 aliphatic rings. The average molecular weight is 347 g/mol. The molecule has 1 aromatic carbocycles. The maximum absolute atomic E-state index is 12.7. The molecule has 1 heterocycles. The molecule has 2 rings (SSSR count). The van der Waals surface area contributed by atoms with Crippen LogP contribution in [0.15, 0.2) is 24.3 Å². The van der Waals surface area contributed by atoms with Crippen LogP contribution in [0.5, 0.6) is 5.75 Å². The number of carbonyl (C=O) groups excluding carboxylic acids is 2. The van der Waals surface area contributed by atoms with Crippen molar-refractivity contribution in [3.63, 3.8) is 0 Å². The average Bonchev–Trinajstić information content (AvgIpc) is 2.64. The Labute approximate surface area is 149 Å². The van der Waals surface area contributed by atoms with E-state index in [4.69, 9.17) is 10.5 Å². The van der Waals surface area contributed by atoms with Crippen molar-refractivity contribution in [2.75, 3.05) is 26.7 Å². The molecule has 2 unspecified atom stereocenters. The molecular formula is C19H29N3O3. The summed E-state index contributed by atoms with van der Waals surface area (Å²) >= 11 is 0. The number of unbranched alkanes of at least 4 members (excludes halogenated alkanes) is 1. The van der Waals surface area contributed by atoms with Gasteiger partial charge in [0.05, 0.1) is 19.1 Å². The van der Waals surface area contributed by atoms with Gasteiger partial charge < -0.3 is 20.7 Å². The zero-order valence-electron chi connectivity index (χ0n) is 15.2. The normalized spacial score (nSPS) is 20.4. The van der Waals surface area contributed by atoms with Crippen molar-refractivity contribution in [2.24, 2.45) is 11.7 Å². The Bertz CT molecular complexity index is 591. The van der Waals surface area contributed by atoms with Crippen molar-refractivity contribution in [3.8, 4) is 5.75 Å². The fraction of sp³-hybridized carbons (Fsp3) is 0.579. The van der Waals surface area contributed by atoms with Gasteiger partial charge >= 0.3 is 0 Å². The minimum absolute atomic E-state index is 0.0460. The Hall–Kier alpha value is -2.08. The molecule has 0 radical (unpaired) electrons. The lowest BCUT2D eigenvalue weighted by Crippen LogP contribution is -2.49. The molecule has 138 valence electrons. The van der Waals surface area contributed by atoms with Crippen LogP contribution in [0.25, 0.3) is 0 Å². The minimum Gasteiger partial charge on any atom is -0.496 e. The van der Waals surface area contributed by atoms with Gasteiger partial charge in [-0.1, -0.05) is 31.5 Å². The monoisotopic (exact) mass is 347 g/mol. The van der Waals surface area contributed by atoms with E-state index in [1.807, 2.05) is 29.2 Å². The second kappa shape index (κ2) is 9.42. The first kappa shape index (κ1) is 19.2. The number of nitrogens with zero attached hydrogens (tertiary/aromatic N) is 1. The van der Waals surface area contributed by atoms with Gasteiger partial charge in [-0.05, 0) is 18.9 Å². The quantitative estimate of drug-likeness (QED) is 0.752. The summed E-state index contributed by atoms with van der Waals surface area (Å²) in [6.07, 6.45) is 2.84. The second-order valence-corrected chi connectivity index (χ2v) is 6.35. The number of hydrogen-bond donors (Lipinski definition) is 2. The van der Waals surface area contributed by atoms with E-state index in [1.165, 1.54) is 0 Å². The highest BCUT2D eigenvalue weighted by atomic mass is 16.5. The van der Waals surface area contributed by atoms with Crippen LogP contribution in [-0.4, -0.2) is 43.5 Å². The Morgan fingerprint density at radius 1 is 1.40 bits per heavy atom. The third-order valence-electron chi connectivity index (χ3n) is 4.70. The zero-order chi connectivity index (χ0) is 18.2. The molecule has 6 heteroatoms. The molecule has 2 atom stereocenters. The first-order chi connectivity index (χ1) is 12.1. The van der Waals surface area contributed by atoms with Gasteiger partial charge in [-0.25, -0.2) is 0 Å². The number of para-hydroxylation sites is 1. The number of amides is 2. The molecule has 1 aliphatic heterocycles. The maximum Gasteiger partial charge on any atom is 0.225 e. The van der Waals surface area contributed by atoms with Gasteiger partial charge in [0, 0.05) is 31.6 Å². The fourth-order valence-corrected chi connectivity index (χ4v) is 3.44. The van der Waals surface area contributed by atoms with Gasteiger partial charge in [0.1, 0.15) is 5.75 Å². The number of hydrogen-bond acceptors (Lipinski definition) is 4. The minimum atomic E-state index is -0.304. The summed E-state index contributed by atoms with van der Waals surface area (Å²) in [6, 6.07) is 7.34. The SMILES string of the molecule is CCCCN1C(=O)CCC(C(=O)NCCN)C1c1ccccc1OC. The van der Waals surface area contributed by atoms with Crippen LogP contribution in [0.2, 0.25) is 0 Å². The summed E-state index contributed by atoms with van der Waals surface area (Å²) in [4.78, 5) is 27.2. The second-order valence-electron chi connectivity index (χ2n) is 6.35. The lowest BCUT2D eigenvalue weighted by Gasteiger charge is -2.41. The smallest absolute Gasteiger partial charge is 0.225 e. The standard InChI is InChI=1S/C19H29N3O3/c1-3-4-13-22-17(23)10-9-15(19(24)21-12-11-20)18(22)14-7-5-6-8-16(14)25-2/h5-8,15,18H,3-4,9-13,20H2,1-2H3,(H,21,24). The van der Waals surface area contributed by atoms with E-state index in [-0.39, 0.29) is 23.8 Å². The summed E-state index contributed by atoms with van der Waals surface area (Å²) in [6.45, 7) is 3.59. The lowest BCUT2D eigenvalue weighted by molar-refractivity contribution is -0.143. The zero-order valence-corrected chi connectivity index (χ0v) is 15.2. The van der Waals surface area contributed by atoms with E-state index in [0.29, 0.717) is 38.2 Å². The number of nitrogens with one attached hydrogen (secondary N) is 1. The molecule has 2 amide bonds. The third-order valence-corrected chi connectivity index (χ3v) is 4.70. The first-order valence-corrected chi connectivity index (χ1v) is 9.04. The molecule has 0 saturated carbocycles. The number of carbonyl (C=O) groups is 2. The molecule has 3 N–H and O–H groups in total. The van der Waals surface area contributed by atoms with Crippen molar-refractivity contribution in [3.05, 3.63) is 29.8 Å². The van der Waals surface area contributed by atoms with Gasteiger partial charge in [-0.3, -0.25) is 9.59 Å². The van der Waals surface area contributed by atoms with Gasteiger partial charge in [-0.2, -0.15) is 0 Å². The highest BCUT2D eigenvalue weighted by Crippen LogP contribution is 2.40. The molecule has 6 nitrogen and oxygen atoms in total. The summed E-state index contributed by atoms with van der Waals surface area (Å²) in [5.74, 6) is 0.473. The van der Waals surface area contributed by atoms with E-state index in [0.717, 1.165) is 18.4 Å². The number of benzene rings is 1. The molecule has 0 aliphatic carbocycles. The molecule has 1 aromatic rings. The van der Waals surface area contributed by atoms with Gasteiger partial charge in [0.25, 0.3) is 0 Å². The van der Waals surface area contributed by atoms with Crippen LogP contribution in [0.3, 0.4) is 0 Å². The topological polar surface area (TPSA) is 84.7 Å². The number of nitrogens with two attached hydrogens (primary N) is 1. The number of likely N-dealkylation sites (tertiary alicyclic amines) is 1. The van der Waals surface area contributed by atoms with Crippen LogP contribution < -0.4 is 15.8 Å². The van der Waals surface area contributed by atoms with Crippen LogP contribution >= 0.6 is 0 Å². The third kappa shape index (κ3) is 4.51. The highest BCUT2D eigenvalue weighted by molar-refractivity contribution is 5.85. The molecule has 1 saturated heterocycles. The summed E-state index contributed by atoms with van der Waals surface area (Å²) < 4.78 is 5.51. The molecule has 0 spiro atoms. The number of methoxy groups -OCH3 is 1. The van der Waals surface area contributed by atoms with Crippen molar-refractivity contribution in [1.82, 2.24) is 10.2 Å². The number of ether oxygens (including phenoxy) is 1. The molecular weight excluding hydrogens is 318 g/mol. The van der Waals surface area contributed by atoms with E-state index in [2.05, 4.69) is 12.2 Å². The molecule has 0 aromatic heterocycles. The van der Waals surface area contributed by atoms with Crippen LogP contribution in [0.4, 0.5) is 0 Å². The first-order valence-electron chi connectivity index (χ1n) is 9.04. The van der Waals surface area contributed by atoms with Gasteiger partial charge in [0.15, 0.2) is 0 Å². The van der Waals surface area contributed by atoms with Gasteiger partial charge in [0.2, 0.25) is 11.8 Å². The van der Waals surface area contributed by atoms with Crippen molar-refractivity contribution < 1.29 is 14.3 Å². The summed E-state index contributed by atoms with van der Waals surface area (Å²) in [5, 5.41) is 2.89. The Balaban J connectivity index is 2.40. The van der Waals surface area contributed by atoms with Crippen LogP contribution in [0.1, 0.15) is 44.2 Å². The van der Waals surface area contributed by atoms with Crippen LogP contribution in [0, 0.1) is 5.92 Å². The van der Waals surface area contributed by atoms with E-state index in [9.17, 15) is 9.59 Å². The largest absolute Gasteiger partial charge is 0.496 e. The Morgan fingerprint density at radius 2 is 2.16 bits per heavy atom. The Kier molecular flexibility index (Phi) is 7.25. The number of rotatable bonds is 8. The summed E-state index contributed by atoms with van der Waals surface area (Å²) in [5.41, 5.74) is 6.40. The van der Waals surface area contributed by atoms with Crippen molar-refractivity contribution in [1.29, 1.82) is 0 Å². The van der Waals surface area contributed by atoms with Crippen molar-refractivity contribution >= 4 is 11.8 Å². The maximum atomic E-state index is 12.7. The van der Waals surface area contributed by atoms with E-state index in [1.54, 1.807) is 7.11 Å². The molecule has 25 heavy (non-hydrogen) atoms. The lowest BCUT2D eigenvalue weighted by atomic mass is 9.83. The molecule has 1 fully saturated rings.